The number of rotatable bonds is 2. The maximum Gasteiger partial charge on any atom is 0.287 e. The van der Waals surface area contributed by atoms with Crippen LogP contribution in [0.3, 0.4) is 0 Å². The summed E-state index contributed by atoms with van der Waals surface area (Å²) in [6.07, 6.45) is 0. The molecule has 2 rings (SSSR count). The van der Waals surface area contributed by atoms with Crippen molar-refractivity contribution in [3.05, 3.63) is 30.3 Å². The zero-order valence-corrected chi connectivity index (χ0v) is 8.73. The largest absolute Gasteiger partial charge is 0.287 e. The van der Waals surface area contributed by atoms with E-state index in [1.807, 2.05) is 30.3 Å². The Morgan fingerprint density at radius 2 is 1.93 bits per heavy atom. The molecule has 0 aliphatic carbocycles. The van der Waals surface area contributed by atoms with E-state index >= 15 is 0 Å². The molecular weight excluding hydrogens is 218 g/mol. The van der Waals surface area contributed by atoms with E-state index in [1.165, 1.54) is 11.8 Å². The van der Waals surface area contributed by atoms with Gasteiger partial charge in [0.25, 0.3) is 11.1 Å². The normalized spacial score (nSPS) is 21.0. The Labute approximate surface area is 89.6 Å². The van der Waals surface area contributed by atoms with Gasteiger partial charge in [0.15, 0.2) is 0 Å². The van der Waals surface area contributed by atoms with Gasteiger partial charge in [-0.05, 0) is 23.9 Å². The van der Waals surface area contributed by atoms with Crippen molar-refractivity contribution >= 4 is 34.7 Å². The first-order chi connectivity index (χ1) is 6.75. The van der Waals surface area contributed by atoms with Gasteiger partial charge in [-0.3, -0.25) is 14.9 Å². The number of imide groups is 1. The van der Waals surface area contributed by atoms with Crippen molar-refractivity contribution in [2.75, 3.05) is 0 Å². The van der Waals surface area contributed by atoms with Gasteiger partial charge in [0.2, 0.25) is 0 Å². The lowest BCUT2D eigenvalue weighted by atomic mass is 10.4. The summed E-state index contributed by atoms with van der Waals surface area (Å²) in [5.74, 6) is -0.214. The Morgan fingerprint density at radius 1 is 1.21 bits per heavy atom. The molecule has 1 saturated heterocycles. The lowest BCUT2D eigenvalue weighted by Gasteiger charge is -2.03. The highest BCUT2D eigenvalue weighted by Crippen LogP contribution is 2.34. The summed E-state index contributed by atoms with van der Waals surface area (Å²) in [7, 11) is 0. The molecule has 0 bridgehead atoms. The summed E-state index contributed by atoms with van der Waals surface area (Å²) in [5.41, 5.74) is 0. The molecule has 14 heavy (non-hydrogen) atoms. The second kappa shape index (κ2) is 4.06. The van der Waals surface area contributed by atoms with E-state index < -0.39 is 0 Å². The van der Waals surface area contributed by atoms with E-state index in [1.54, 1.807) is 0 Å². The molecule has 1 aliphatic rings. The third kappa shape index (κ3) is 2.10. The summed E-state index contributed by atoms with van der Waals surface area (Å²) in [6, 6.07) is 9.56. The van der Waals surface area contributed by atoms with E-state index in [9.17, 15) is 9.59 Å². The first-order valence-electron chi connectivity index (χ1n) is 3.99. The Morgan fingerprint density at radius 3 is 2.50 bits per heavy atom. The standard InChI is InChI=1S/C9H7NO2S2/c11-7-8(14-9(12)10-7)13-6-4-2-1-3-5-6/h1-5,8H,(H,10,11,12). The molecule has 1 N–H and O–H groups in total. The molecule has 1 aromatic rings. The monoisotopic (exact) mass is 225 g/mol. The van der Waals surface area contributed by atoms with Crippen LogP contribution < -0.4 is 5.32 Å². The van der Waals surface area contributed by atoms with Gasteiger partial charge in [0.1, 0.15) is 4.58 Å². The molecule has 1 atom stereocenters. The summed E-state index contributed by atoms with van der Waals surface area (Å²) in [4.78, 5) is 23.1. The fourth-order valence-corrected chi connectivity index (χ4v) is 3.08. The molecular formula is C9H7NO2S2. The van der Waals surface area contributed by atoms with Crippen molar-refractivity contribution in [1.82, 2.24) is 5.32 Å². The summed E-state index contributed by atoms with van der Waals surface area (Å²) >= 11 is 2.43. The summed E-state index contributed by atoms with van der Waals surface area (Å²) in [5, 5.41) is 1.99. The van der Waals surface area contributed by atoms with Gasteiger partial charge in [-0.1, -0.05) is 18.2 Å². The smallest absolute Gasteiger partial charge is 0.285 e. The van der Waals surface area contributed by atoms with Gasteiger partial charge >= 0.3 is 0 Å². The lowest BCUT2D eigenvalue weighted by molar-refractivity contribution is -0.117. The second-order valence-corrected chi connectivity index (χ2v) is 5.21. The topological polar surface area (TPSA) is 46.2 Å². The molecule has 72 valence electrons. The third-order valence-corrected chi connectivity index (χ3v) is 3.93. The number of carbonyl (C=O) groups is 2. The van der Waals surface area contributed by atoms with E-state index in [4.69, 9.17) is 0 Å². The van der Waals surface area contributed by atoms with Gasteiger partial charge in [-0.25, -0.2) is 0 Å². The Hall–Kier alpha value is -0.940. The minimum Gasteiger partial charge on any atom is -0.285 e. The zero-order chi connectivity index (χ0) is 9.97. The van der Waals surface area contributed by atoms with Gasteiger partial charge in [-0.2, -0.15) is 0 Å². The molecule has 0 aromatic heterocycles. The zero-order valence-electron chi connectivity index (χ0n) is 7.10. The molecule has 0 radical (unpaired) electrons. The van der Waals surface area contributed by atoms with Crippen molar-refractivity contribution in [2.24, 2.45) is 0 Å². The van der Waals surface area contributed by atoms with Crippen LogP contribution in [-0.2, 0) is 4.79 Å². The first-order valence-corrected chi connectivity index (χ1v) is 5.75. The van der Waals surface area contributed by atoms with Crippen LogP contribution in [0.1, 0.15) is 0 Å². The van der Waals surface area contributed by atoms with Crippen LogP contribution in [0.15, 0.2) is 35.2 Å². The number of hydrogen-bond donors (Lipinski definition) is 1. The first kappa shape index (κ1) is 9.61. The Bertz CT molecular complexity index is 366. The SMILES string of the molecule is O=C1NC(=O)C(Sc2ccccc2)S1. The summed E-state index contributed by atoms with van der Waals surface area (Å²) < 4.78 is -0.343. The van der Waals surface area contributed by atoms with Crippen LogP contribution in [0.2, 0.25) is 0 Å². The fourth-order valence-electron chi connectivity index (χ4n) is 1.04. The minimum absolute atomic E-state index is 0.214. The predicted molar refractivity (Wildman–Crippen MR) is 57.2 cm³/mol. The number of carbonyl (C=O) groups excluding carboxylic acids is 2. The van der Waals surface area contributed by atoms with E-state index in [2.05, 4.69) is 5.32 Å². The van der Waals surface area contributed by atoms with Crippen LogP contribution >= 0.6 is 23.5 Å². The van der Waals surface area contributed by atoms with Crippen molar-refractivity contribution in [1.29, 1.82) is 0 Å². The average Bonchev–Trinajstić information content (AvgIpc) is 2.47. The van der Waals surface area contributed by atoms with Crippen LogP contribution in [0, 0.1) is 0 Å². The van der Waals surface area contributed by atoms with E-state index in [-0.39, 0.29) is 15.7 Å². The maximum absolute atomic E-state index is 11.2. The van der Waals surface area contributed by atoms with E-state index in [0.29, 0.717) is 0 Å². The lowest BCUT2D eigenvalue weighted by Crippen LogP contribution is -2.22. The predicted octanol–water partition coefficient (Wildman–Crippen LogP) is 2.09. The number of benzene rings is 1. The van der Waals surface area contributed by atoms with Gasteiger partial charge < -0.3 is 0 Å². The molecule has 1 aliphatic heterocycles. The molecule has 2 amide bonds. The Kier molecular flexibility index (Phi) is 2.79. The number of thioether (sulfide) groups is 2. The van der Waals surface area contributed by atoms with Gasteiger partial charge in [0.05, 0.1) is 0 Å². The number of amides is 2. The van der Waals surface area contributed by atoms with Gasteiger partial charge in [0, 0.05) is 4.90 Å². The molecule has 5 heteroatoms. The number of nitrogens with one attached hydrogen (secondary N) is 1. The van der Waals surface area contributed by atoms with Crippen molar-refractivity contribution in [2.45, 2.75) is 9.48 Å². The molecule has 3 nitrogen and oxygen atoms in total. The Balaban J connectivity index is 2.05. The highest BCUT2D eigenvalue weighted by atomic mass is 32.2. The van der Waals surface area contributed by atoms with Crippen molar-refractivity contribution < 1.29 is 9.59 Å². The van der Waals surface area contributed by atoms with Crippen molar-refractivity contribution in [3.8, 4) is 0 Å². The van der Waals surface area contributed by atoms with Crippen LogP contribution in [0.4, 0.5) is 4.79 Å². The molecule has 0 saturated carbocycles. The van der Waals surface area contributed by atoms with E-state index in [0.717, 1.165) is 16.7 Å². The minimum atomic E-state index is -0.343. The van der Waals surface area contributed by atoms with Crippen LogP contribution in [0.5, 0.6) is 0 Å². The molecule has 1 heterocycles. The van der Waals surface area contributed by atoms with Crippen LogP contribution in [0.25, 0.3) is 0 Å². The second-order valence-electron chi connectivity index (χ2n) is 2.66. The maximum atomic E-state index is 11.2. The van der Waals surface area contributed by atoms with Gasteiger partial charge in [-0.15, -0.1) is 11.8 Å². The molecule has 1 unspecified atom stereocenters. The highest BCUT2D eigenvalue weighted by Gasteiger charge is 2.32. The molecule has 1 aromatic carbocycles. The quantitative estimate of drug-likeness (QED) is 0.837. The number of hydrogen-bond acceptors (Lipinski definition) is 4. The fraction of sp³-hybridized carbons (Fsp3) is 0.111. The highest BCUT2D eigenvalue weighted by molar-refractivity contribution is 8.26. The van der Waals surface area contributed by atoms with Crippen LogP contribution in [-0.4, -0.2) is 15.7 Å². The molecule has 0 spiro atoms. The third-order valence-electron chi connectivity index (χ3n) is 1.64. The molecule has 1 fully saturated rings. The van der Waals surface area contributed by atoms with Crippen molar-refractivity contribution in [3.63, 3.8) is 0 Å². The average molecular weight is 225 g/mol. The summed E-state index contributed by atoms with van der Waals surface area (Å²) in [6.45, 7) is 0.